The number of aliphatic hydroxyl groups excluding tert-OH is 2. The lowest BCUT2D eigenvalue weighted by molar-refractivity contribution is -0.143. The molecule has 0 aliphatic rings. The van der Waals surface area contributed by atoms with E-state index in [9.17, 15) is 19.8 Å². The molecule has 0 fully saturated rings. The highest BCUT2D eigenvalue weighted by Crippen LogP contribution is 2.19. The minimum atomic E-state index is -0.664. The van der Waals surface area contributed by atoms with E-state index < -0.39 is 12.1 Å². The first-order valence-electron chi connectivity index (χ1n) is 37.2. The molecule has 0 aromatic rings. The fourth-order valence-corrected chi connectivity index (χ4v) is 11.7. The van der Waals surface area contributed by atoms with Gasteiger partial charge in [0.1, 0.15) is 0 Å². The number of esters is 1. The van der Waals surface area contributed by atoms with Crippen LogP contribution in [0.2, 0.25) is 0 Å². The van der Waals surface area contributed by atoms with Crippen molar-refractivity contribution in [1.82, 2.24) is 5.32 Å². The predicted molar refractivity (Wildman–Crippen MR) is 361 cm³/mol. The maximum absolute atomic E-state index is 12.6. The molecule has 0 aromatic heterocycles. The quantitative estimate of drug-likeness (QED) is 0.0320. The van der Waals surface area contributed by atoms with Crippen molar-refractivity contribution in [3.8, 4) is 0 Å². The average Bonchev–Trinajstić information content (AvgIpc) is 3.48. The number of carbonyl (C=O) groups is 2. The van der Waals surface area contributed by atoms with Gasteiger partial charge in [-0.3, -0.25) is 9.59 Å². The van der Waals surface area contributed by atoms with Crippen LogP contribution >= 0.6 is 0 Å². The van der Waals surface area contributed by atoms with E-state index in [0.717, 1.165) is 51.4 Å². The number of hydrogen-bond donors (Lipinski definition) is 3. The minimum Gasteiger partial charge on any atom is -0.466 e. The Morgan fingerprint density at radius 1 is 0.341 bits per heavy atom. The Labute approximate surface area is 513 Å². The number of rotatable bonds is 70. The number of ether oxygens (including phenoxy) is 1. The molecule has 0 bridgehead atoms. The van der Waals surface area contributed by atoms with Crippen molar-refractivity contribution < 1.29 is 24.5 Å². The zero-order valence-corrected chi connectivity index (χ0v) is 55.5. The van der Waals surface area contributed by atoms with E-state index in [1.807, 2.05) is 0 Å². The van der Waals surface area contributed by atoms with Gasteiger partial charge in [-0.2, -0.15) is 0 Å². The van der Waals surface area contributed by atoms with E-state index in [1.54, 1.807) is 0 Å². The van der Waals surface area contributed by atoms with Gasteiger partial charge in [-0.15, -0.1) is 0 Å². The van der Waals surface area contributed by atoms with E-state index in [0.29, 0.717) is 25.9 Å². The van der Waals surface area contributed by atoms with Crippen LogP contribution in [0, 0.1) is 0 Å². The van der Waals surface area contributed by atoms with Crippen LogP contribution in [0.1, 0.15) is 412 Å². The smallest absolute Gasteiger partial charge is 0.305 e. The fourth-order valence-electron chi connectivity index (χ4n) is 11.7. The molecular formula is C76H145NO5. The molecule has 0 rings (SSSR count). The summed E-state index contributed by atoms with van der Waals surface area (Å²) >= 11 is 0. The summed E-state index contributed by atoms with van der Waals surface area (Å²) in [6, 6.07) is -0.541. The van der Waals surface area contributed by atoms with Gasteiger partial charge < -0.3 is 20.3 Å². The second kappa shape index (κ2) is 71.6. The Bertz CT molecular complexity index is 1330. The van der Waals surface area contributed by atoms with Gasteiger partial charge in [0.15, 0.2) is 0 Å². The van der Waals surface area contributed by atoms with Crippen LogP contribution in [0.5, 0.6) is 0 Å². The van der Waals surface area contributed by atoms with Crippen LogP contribution in [0.3, 0.4) is 0 Å². The van der Waals surface area contributed by atoms with Crippen molar-refractivity contribution in [2.24, 2.45) is 0 Å². The Morgan fingerprint density at radius 3 is 0.976 bits per heavy atom. The molecule has 1 amide bonds. The monoisotopic (exact) mass is 1150 g/mol. The molecule has 82 heavy (non-hydrogen) atoms. The third-order valence-electron chi connectivity index (χ3n) is 17.4. The molecule has 0 saturated carbocycles. The van der Waals surface area contributed by atoms with Crippen LogP contribution in [-0.4, -0.2) is 47.4 Å². The number of nitrogens with one attached hydrogen (secondary N) is 1. The number of aliphatic hydroxyl groups is 2. The van der Waals surface area contributed by atoms with E-state index in [4.69, 9.17) is 4.74 Å². The first-order chi connectivity index (χ1) is 40.5. The molecule has 0 aliphatic heterocycles. The number of hydrogen-bond acceptors (Lipinski definition) is 5. The molecule has 6 nitrogen and oxygen atoms in total. The first-order valence-corrected chi connectivity index (χ1v) is 37.2. The molecule has 484 valence electrons. The van der Waals surface area contributed by atoms with Gasteiger partial charge in [0.05, 0.1) is 25.4 Å². The van der Waals surface area contributed by atoms with E-state index in [2.05, 4.69) is 55.6 Å². The lowest BCUT2D eigenvalue weighted by Crippen LogP contribution is -2.45. The highest BCUT2D eigenvalue weighted by atomic mass is 16.5. The molecule has 0 aliphatic carbocycles. The summed E-state index contributed by atoms with van der Waals surface area (Å²) in [5.41, 5.74) is 0. The molecule has 6 heteroatoms. The van der Waals surface area contributed by atoms with Crippen LogP contribution in [0.4, 0.5) is 0 Å². The Morgan fingerprint density at radius 2 is 0.622 bits per heavy atom. The summed E-state index contributed by atoms with van der Waals surface area (Å²) in [4.78, 5) is 24.6. The summed E-state index contributed by atoms with van der Waals surface area (Å²) in [5.74, 6) is -0.0251. The van der Waals surface area contributed by atoms with Crippen molar-refractivity contribution in [1.29, 1.82) is 0 Å². The highest BCUT2D eigenvalue weighted by Gasteiger charge is 2.20. The summed E-state index contributed by atoms with van der Waals surface area (Å²) in [6.07, 6.45) is 92.2. The molecular weight excluding hydrogens is 1010 g/mol. The molecule has 3 N–H and O–H groups in total. The summed E-state index contributed by atoms with van der Waals surface area (Å²) in [7, 11) is 0. The molecule has 0 heterocycles. The zero-order valence-electron chi connectivity index (χ0n) is 55.5. The predicted octanol–water partition coefficient (Wildman–Crippen LogP) is 24.3. The maximum atomic E-state index is 12.6. The second-order valence-electron chi connectivity index (χ2n) is 25.6. The van der Waals surface area contributed by atoms with Crippen molar-refractivity contribution in [3.63, 3.8) is 0 Å². The van der Waals surface area contributed by atoms with Gasteiger partial charge in [0.2, 0.25) is 5.91 Å². The van der Waals surface area contributed by atoms with Crippen LogP contribution in [0.15, 0.2) is 36.5 Å². The highest BCUT2D eigenvalue weighted by molar-refractivity contribution is 5.76. The Hall–Kier alpha value is -1.92. The van der Waals surface area contributed by atoms with E-state index in [-0.39, 0.29) is 18.5 Å². The first kappa shape index (κ1) is 80.1. The maximum Gasteiger partial charge on any atom is 0.305 e. The van der Waals surface area contributed by atoms with Gasteiger partial charge >= 0.3 is 5.97 Å². The molecule has 2 unspecified atom stereocenters. The normalized spacial score (nSPS) is 12.7. The summed E-state index contributed by atoms with van der Waals surface area (Å²) in [6.45, 7) is 4.95. The Balaban J connectivity index is 3.39. The standard InChI is InChI=1S/C76H145NO5/c1-3-5-7-9-11-13-15-16-17-18-19-33-36-39-42-45-49-52-56-60-64-68-74(79)73(72-78)77-75(80)69-65-61-57-53-50-46-43-40-37-34-31-29-27-25-23-21-20-22-24-26-28-30-32-35-38-41-44-47-51-55-59-63-67-71-82-76(81)70-66-62-58-54-48-14-12-10-8-6-4-2/h10,12,24,26,30,32,73-74,78-79H,3-9,11,13-23,25,27-29,31,33-72H2,1-2H3,(H,77,80)/b12-10-,26-24-,32-30-. The van der Waals surface area contributed by atoms with Gasteiger partial charge in [0.25, 0.3) is 0 Å². The molecule has 0 radical (unpaired) electrons. The molecule has 0 saturated heterocycles. The fraction of sp³-hybridized carbons (Fsp3) is 0.895. The molecule has 2 atom stereocenters. The van der Waals surface area contributed by atoms with Crippen LogP contribution in [0.25, 0.3) is 0 Å². The zero-order chi connectivity index (χ0) is 59.2. The topological polar surface area (TPSA) is 95.9 Å². The Kier molecular flexibility index (Phi) is 69.9. The van der Waals surface area contributed by atoms with Crippen molar-refractivity contribution in [3.05, 3.63) is 36.5 Å². The van der Waals surface area contributed by atoms with Gasteiger partial charge in [-0.1, -0.05) is 359 Å². The number of unbranched alkanes of at least 4 members (excludes halogenated alkanes) is 53. The summed E-state index contributed by atoms with van der Waals surface area (Å²) in [5, 5.41) is 23.4. The van der Waals surface area contributed by atoms with Crippen LogP contribution < -0.4 is 5.32 Å². The van der Waals surface area contributed by atoms with Crippen molar-refractivity contribution in [2.45, 2.75) is 424 Å². The van der Waals surface area contributed by atoms with Gasteiger partial charge in [0, 0.05) is 12.8 Å². The van der Waals surface area contributed by atoms with Gasteiger partial charge in [-0.05, 0) is 77.0 Å². The minimum absolute atomic E-state index is 0.00346. The van der Waals surface area contributed by atoms with Gasteiger partial charge in [-0.25, -0.2) is 0 Å². The third kappa shape index (κ3) is 67.2. The van der Waals surface area contributed by atoms with E-state index in [1.165, 1.54) is 327 Å². The van der Waals surface area contributed by atoms with Crippen molar-refractivity contribution >= 4 is 11.9 Å². The van der Waals surface area contributed by atoms with E-state index >= 15 is 0 Å². The van der Waals surface area contributed by atoms with Crippen LogP contribution in [-0.2, 0) is 14.3 Å². The lowest BCUT2D eigenvalue weighted by atomic mass is 10.0. The SMILES string of the molecule is CCCC/C=C\CCCCCCCC(=O)OCCCCCCCCCCC/C=C\C/C=C\CCCCCCCCCCCCCCCCCCCC(=O)NC(CO)C(O)CCCCCCCCCCCCCCCCCCCCCCC. The lowest BCUT2D eigenvalue weighted by Gasteiger charge is -2.22. The third-order valence-corrected chi connectivity index (χ3v) is 17.4. The summed E-state index contributed by atoms with van der Waals surface area (Å²) < 4.78 is 5.46. The number of carbonyl (C=O) groups excluding carboxylic acids is 2. The largest absolute Gasteiger partial charge is 0.466 e. The molecule has 0 spiro atoms. The number of allylic oxidation sites excluding steroid dienone is 6. The average molecular weight is 1150 g/mol. The molecule has 0 aromatic carbocycles. The number of amides is 1. The van der Waals surface area contributed by atoms with Crippen molar-refractivity contribution in [2.75, 3.05) is 13.2 Å². The second-order valence-corrected chi connectivity index (χ2v) is 25.6.